The average molecular weight is 436 g/mol. The first kappa shape index (κ1) is 19.2. The first-order chi connectivity index (χ1) is 11.7. The summed E-state index contributed by atoms with van der Waals surface area (Å²) in [6.45, 7) is 0. The number of ether oxygens (including phenoxy) is 1. The molecule has 1 aliphatic heterocycles. The second-order valence-corrected chi connectivity index (χ2v) is 6.45. The SMILES string of the molecule is COC(=O)/C=C1/S/C(=N\N=Cc2cc(Br)cc(C(F)(F)F)c2)NC1=O. The molecule has 2 rings (SSSR count). The van der Waals surface area contributed by atoms with Gasteiger partial charge < -0.3 is 4.74 Å². The summed E-state index contributed by atoms with van der Waals surface area (Å²) in [6.07, 6.45) is -2.38. The van der Waals surface area contributed by atoms with Crippen molar-refractivity contribution in [1.82, 2.24) is 5.32 Å². The lowest BCUT2D eigenvalue weighted by molar-refractivity contribution is -0.137. The highest BCUT2D eigenvalue weighted by Crippen LogP contribution is 2.31. The average Bonchev–Trinajstić information content (AvgIpc) is 2.85. The lowest BCUT2D eigenvalue weighted by Gasteiger charge is -2.07. The minimum atomic E-state index is -4.48. The van der Waals surface area contributed by atoms with E-state index in [0.717, 1.165) is 36.2 Å². The van der Waals surface area contributed by atoms with Crippen molar-refractivity contribution in [1.29, 1.82) is 0 Å². The minimum absolute atomic E-state index is 0.0719. The van der Waals surface area contributed by atoms with E-state index < -0.39 is 23.6 Å². The Morgan fingerprint density at radius 1 is 1.36 bits per heavy atom. The van der Waals surface area contributed by atoms with Crippen LogP contribution >= 0.6 is 27.7 Å². The Morgan fingerprint density at radius 3 is 2.72 bits per heavy atom. The zero-order valence-electron chi connectivity index (χ0n) is 12.4. The third kappa shape index (κ3) is 5.43. The summed E-state index contributed by atoms with van der Waals surface area (Å²) in [5.41, 5.74) is -0.659. The molecule has 1 aromatic rings. The molecule has 0 radical (unpaired) electrons. The van der Waals surface area contributed by atoms with E-state index in [9.17, 15) is 22.8 Å². The second-order valence-electron chi connectivity index (χ2n) is 4.51. The van der Waals surface area contributed by atoms with Crippen molar-refractivity contribution in [3.8, 4) is 0 Å². The summed E-state index contributed by atoms with van der Waals surface area (Å²) in [5.74, 6) is -1.25. The highest BCUT2D eigenvalue weighted by molar-refractivity contribution is 9.10. The maximum atomic E-state index is 12.7. The lowest BCUT2D eigenvalue weighted by atomic mass is 10.1. The highest BCUT2D eigenvalue weighted by Gasteiger charge is 2.31. The number of halogens is 4. The maximum absolute atomic E-state index is 12.7. The molecule has 0 atom stereocenters. The molecule has 0 spiro atoms. The molecule has 6 nitrogen and oxygen atoms in total. The molecule has 0 saturated carbocycles. The van der Waals surface area contributed by atoms with Crippen molar-refractivity contribution in [3.05, 3.63) is 44.8 Å². The van der Waals surface area contributed by atoms with Crippen LogP contribution in [-0.2, 0) is 20.5 Å². The molecule has 1 heterocycles. The molecule has 0 aliphatic carbocycles. The van der Waals surface area contributed by atoms with Crippen LogP contribution in [-0.4, -0.2) is 30.4 Å². The standard InChI is InChI=1S/C14H9BrF3N3O3S/c1-24-11(22)5-10-12(23)20-13(25-10)21-19-6-7-2-8(14(16,17)18)4-9(15)3-7/h2-6H,1H3,(H,20,21,23)/b10-5+,19-6?. The molecule has 1 saturated heterocycles. The summed E-state index contributed by atoms with van der Waals surface area (Å²) in [7, 11) is 1.17. The van der Waals surface area contributed by atoms with Gasteiger partial charge in [0.05, 0.1) is 23.8 Å². The summed E-state index contributed by atoms with van der Waals surface area (Å²) >= 11 is 3.85. The van der Waals surface area contributed by atoms with Crippen molar-refractivity contribution >= 4 is 51.0 Å². The second kappa shape index (κ2) is 7.83. The fourth-order valence-corrected chi connectivity index (χ4v) is 2.89. The van der Waals surface area contributed by atoms with E-state index in [1.165, 1.54) is 13.2 Å². The van der Waals surface area contributed by atoms with E-state index in [4.69, 9.17) is 0 Å². The number of methoxy groups -OCH3 is 1. The van der Waals surface area contributed by atoms with Gasteiger partial charge in [0, 0.05) is 10.5 Å². The Kier molecular flexibility index (Phi) is 6.01. The van der Waals surface area contributed by atoms with Crippen LogP contribution in [0.5, 0.6) is 0 Å². The quantitative estimate of drug-likeness (QED) is 0.342. The number of rotatable bonds is 3. The Bertz CT molecular complexity index is 806. The van der Waals surface area contributed by atoms with Gasteiger partial charge in [-0.25, -0.2) is 4.79 Å². The summed E-state index contributed by atoms with van der Waals surface area (Å²) in [4.78, 5) is 22.8. The van der Waals surface area contributed by atoms with Gasteiger partial charge in [-0.15, -0.1) is 5.10 Å². The fraction of sp³-hybridized carbons (Fsp3) is 0.143. The number of alkyl halides is 3. The first-order valence-corrected chi connectivity index (χ1v) is 8.07. The highest BCUT2D eigenvalue weighted by atomic mass is 79.9. The van der Waals surface area contributed by atoms with Crippen LogP contribution in [0.3, 0.4) is 0 Å². The third-order valence-electron chi connectivity index (χ3n) is 2.70. The molecule has 1 fully saturated rings. The number of carbonyl (C=O) groups excluding carboxylic acids is 2. The molecule has 1 amide bonds. The van der Waals surface area contributed by atoms with E-state index in [1.54, 1.807) is 0 Å². The number of benzene rings is 1. The van der Waals surface area contributed by atoms with Crippen LogP contribution < -0.4 is 5.32 Å². The zero-order valence-corrected chi connectivity index (χ0v) is 14.8. The molecule has 132 valence electrons. The predicted molar refractivity (Wildman–Crippen MR) is 90.0 cm³/mol. The smallest absolute Gasteiger partial charge is 0.416 e. The van der Waals surface area contributed by atoms with Crippen LogP contribution in [0.4, 0.5) is 13.2 Å². The Morgan fingerprint density at radius 2 is 2.08 bits per heavy atom. The fourth-order valence-electron chi connectivity index (χ4n) is 1.64. The van der Waals surface area contributed by atoms with Gasteiger partial charge in [-0.2, -0.15) is 18.3 Å². The molecule has 0 bridgehead atoms. The number of nitrogens with one attached hydrogen (secondary N) is 1. The van der Waals surface area contributed by atoms with E-state index in [-0.39, 0.29) is 20.1 Å². The van der Waals surface area contributed by atoms with Gasteiger partial charge in [0.1, 0.15) is 0 Å². The van der Waals surface area contributed by atoms with Gasteiger partial charge in [0.25, 0.3) is 5.91 Å². The van der Waals surface area contributed by atoms with Crippen LogP contribution in [0.25, 0.3) is 0 Å². The van der Waals surface area contributed by atoms with Gasteiger partial charge >= 0.3 is 12.1 Å². The van der Waals surface area contributed by atoms with Gasteiger partial charge in [-0.05, 0) is 35.5 Å². The number of carbonyl (C=O) groups is 2. The Balaban J connectivity index is 2.15. The predicted octanol–water partition coefficient (Wildman–Crippen LogP) is 3.08. The minimum Gasteiger partial charge on any atom is -0.466 e. The van der Waals surface area contributed by atoms with Gasteiger partial charge in [0.2, 0.25) is 0 Å². The number of amidine groups is 1. The van der Waals surface area contributed by atoms with Crippen LogP contribution in [0.15, 0.2) is 43.9 Å². The Labute approximate surface area is 152 Å². The van der Waals surface area contributed by atoms with Crippen molar-refractivity contribution in [2.45, 2.75) is 6.18 Å². The zero-order chi connectivity index (χ0) is 18.6. The molecular formula is C14H9BrF3N3O3S. The number of esters is 1. The van der Waals surface area contributed by atoms with E-state index in [2.05, 4.69) is 36.2 Å². The van der Waals surface area contributed by atoms with Crippen molar-refractivity contribution in [2.24, 2.45) is 10.2 Å². The molecule has 1 N–H and O–H groups in total. The van der Waals surface area contributed by atoms with E-state index >= 15 is 0 Å². The monoisotopic (exact) mass is 435 g/mol. The first-order valence-electron chi connectivity index (χ1n) is 6.46. The Hall–Kier alpha value is -2.14. The molecule has 0 unspecified atom stereocenters. The van der Waals surface area contributed by atoms with Crippen molar-refractivity contribution in [3.63, 3.8) is 0 Å². The molecule has 1 aliphatic rings. The topological polar surface area (TPSA) is 80.1 Å². The maximum Gasteiger partial charge on any atom is 0.416 e. The number of nitrogens with zero attached hydrogens (tertiary/aromatic N) is 2. The lowest BCUT2D eigenvalue weighted by Crippen LogP contribution is -2.19. The molecular weight excluding hydrogens is 427 g/mol. The van der Waals surface area contributed by atoms with Crippen LogP contribution in [0.2, 0.25) is 0 Å². The van der Waals surface area contributed by atoms with Gasteiger partial charge in [0.15, 0.2) is 5.17 Å². The van der Waals surface area contributed by atoms with E-state index in [0.29, 0.717) is 0 Å². The van der Waals surface area contributed by atoms with Crippen molar-refractivity contribution < 1.29 is 27.5 Å². The largest absolute Gasteiger partial charge is 0.466 e. The summed E-state index contributed by atoms with van der Waals surface area (Å²) in [5, 5.41) is 9.80. The van der Waals surface area contributed by atoms with Crippen LogP contribution in [0.1, 0.15) is 11.1 Å². The number of amides is 1. The van der Waals surface area contributed by atoms with Crippen LogP contribution in [0, 0.1) is 0 Å². The number of thioether (sulfide) groups is 1. The number of hydrogen-bond acceptors (Lipinski definition) is 6. The molecule has 11 heteroatoms. The third-order valence-corrected chi connectivity index (χ3v) is 4.06. The van der Waals surface area contributed by atoms with Crippen molar-refractivity contribution in [2.75, 3.05) is 7.11 Å². The molecule has 1 aromatic carbocycles. The normalized spacial score (nSPS) is 18.2. The molecule has 25 heavy (non-hydrogen) atoms. The summed E-state index contributed by atoms with van der Waals surface area (Å²) in [6, 6.07) is 3.29. The van der Waals surface area contributed by atoms with Gasteiger partial charge in [-0.3, -0.25) is 10.1 Å². The number of hydrogen-bond donors (Lipinski definition) is 1. The van der Waals surface area contributed by atoms with Gasteiger partial charge in [-0.1, -0.05) is 15.9 Å². The summed E-state index contributed by atoms with van der Waals surface area (Å²) < 4.78 is 42.9. The molecule has 0 aromatic heterocycles. The van der Waals surface area contributed by atoms with E-state index in [1.807, 2.05) is 0 Å².